The lowest BCUT2D eigenvalue weighted by atomic mass is 10.1. The maximum absolute atomic E-state index is 11.6. The molecule has 0 saturated heterocycles. The average Bonchev–Trinajstić information content (AvgIpc) is 2.50. The Morgan fingerprint density at radius 1 is 1.24 bits per heavy atom. The Bertz CT molecular complexity index is 670. The molecule has 2 rings (SSSR count). The lowest BCUT2D eigenvalue weighted by molar-refractivity contribution is -0.119. The van der Waals surface area contributed by atoms with Crippen LogP contribution < -0.4 is 10.6 Å². The van der Waals surface area contributed by atoms with Gasteiger partial charge in [0.25, 0.3) is 0 Å². The van der Waals surface area contributed by atoms with E-state index in [2.05, 4.69) is 15.6 Å². The highest BCUT2D eigenvalue weighted by molar-refractivity contribution is 6.06. The Balaban J connectivity index is 2.23. The highest BCUT2D eigenvalue weighted by Crippen LogP contribution is 2.24. The minimum atomic E-state index is -1.02. The van der Waals surface area contributed by atoms with Gasteiger partial charge in [0, 0.05) is 23.5 Å². The number of pyridine rings is 1. The monoisotopic (exact) mass is 287 g/mol. The molecule has 110 valence electrons. The van der Waals surface area contributed by atoms with Gasteiger partial charge in [0.05, 0.1) is 12.1 Å². The first-order valence-electron chi connectivity index (χ1n) is 6.75. The van der Waals surface area contributed by atoms with E-state index in [9.17, 15) is 9.59 Å². The zero-order chi connectivity index (χ0) is 15.2. The van der Waals surface area contributed by atoms with Crippen molar-refractivity contribution >= 4 is 28.5 Å². The van der Waals surface area contributed by atoms with Gasteiger partial charge in [-0.15, -0.1) is 0 Å². The van der Waals surface area contributed by atoms with Crippen molar-refractivity contribution in [3.63, 3.8) is 0 Å². The summed E-state index contributed by atoms with van der Waals surface area (Å²) < 4.78 is 0. The maximum atomic E-state index is 11.6. The van der Waals surface area contributed by atoms with Gasteiger partial charge >= 0.3 is 5.97 Å². The fourth-order valence-corrected chi connectivity index (χ4v) is 1.99. The number of amides is 1. The molecule has 0 atom stereocenters. The highest BCUT2D eigenvalue weighted by atomic mass is 16.4. The van der Waals surface area contributed by atoms with E-state index >= 15 is 0 Å². The molecular formula is C15H17N3O3. The number of carboxylic acid groups (broad SMARTS) is 1. The number of rotatable bonds is 6. The molecule has 3 N–H and O–H groups in total. The zero-order valence-corrected chi connectivity index (χ0v) is 11.7. The first kappa shape index (κ1) is 14.8. The van der Waals surface area contributed by atoms with Crippen molar-refractivity contribution in [3.8, 4) is 0 Å². The van der Waals surface area contributed by atoms with Gasteiger partial charge in [0.15, 0.2) is 0 Å². The molecule has 1 amide bonds. The summed E-state index contributed by atoms with van der Waals surface area (Å²) in [5, 5.41) is 16.1. The standard InChI is InChI=1S/C15H17N3O3/c1-2-7-16-13(19)9-18-14-11-6-4-3-5-10(11)12(8-17-14)15(20)21/h3-6,8H,2,7,9H2,1H3,(H,16,19)(H,17,18)(H,20,21). The number of carbonyl (C=O) groups excluding carboxylic acids is 1. The molecule has 6 nitrogen and oxygen atoms in total. The number of carboxylic acids is 1. The van der Waals surface area contributed by atoms with Crippen molar-refractivity contribution in [1.82, 2.24) is 10.3 Å². The Hall–Kier alpha value is -2.63. The third kappa shape index (κ3) is 3.47. The van der Waals surface area contributed by atoms with Crippen molar-refractivity contribution in [1.29, 1.82) is 0 Å². The van der Waals surface area contributed by atoms with Crippen LogP contribution >= 0.6 is 0 Å². The minimum absolute atomic E-state index is 0.101. The number of hydrogen-bond acceptors (Lipinski definition) is 4. The zero-order valence-electron chi connectivity index (χ0n) is 11.7. The molecule has 0 unspecified atom stereocenters. The lowest BCUT2D eigenvalue weighted by Gasteiger charge is -2.10. The Morgan fingerprint density at radius 2 is 1.95 bits per heavy atom. The lowest BCUT2D eigenvalue weighted by Crippen LogP contribution is -2.30. The van der Waals surface area contributed by atoms with Gasteiger partial charge in [-0.05, 0) is 6.42 Å². The van der Waals surface area contributed by atoms with Crippen LogP contribution in [0.2, 0.25) is 0 Å². The smallest absolute Gasteiger partial charge is 0.337 e. The molecule has 0 spiro atoms. The number of benzene rings is 1. The highest BCUT2D eigenvalue weighted by Gasteiger charge is 2.12. The van der Waals surface area contributed by atoms with Crippen LogP contribution in [0.3, 0.4) is 0 Å². The van der Waals surface area contributed by atoms with Crippen molar-refractivity contribution in [2.45, 2.75) is 13.3 Å². The molecule has 0 aliphatic heterocycles. The fraction of sp³-hybridized carbons (Fsp3) is 0.267. The summed E-state index contributed by atoms with van der Waals surface area (Å²) in [5.41, 5.74) is 0.145. The second-order valence-electron chi connectivity index (χ2n) is 4.57. The Labute approximate surface area is 122 Å². The first-order chi connectivity index (χ1) is 10.1. The van der Waals surface area contributed by atoms with E-state index in [0.717, 1.165) is 6.42 Å². The third-order valence-electron chi connectivity index (χ3n) is 3.01. The number of aromatic carboxylic acids is 1. The molecule has 0 bridgehead atoms. The maximum Gasteiger partial charge on any atom is 0.337 e. The predicted molar refractivity (Wildman–Crippen MR) is 80.5 cm³/mol. The van der Waals surface area contributed by atoms with Gasteiger partial charge in [-0.25, -0.2) is 9.78 Å². The number of aromatic nitrogens is 1. The molecule has 0 aliphatic rings. The van der Waals surface area contributed by atoms with Crippen LogP contribution in [0, 0.1) is 0 Å². The fourth-order valence-electron chi connectivity index (χ4n) is 1.99. The molecule has 0 fully saturated rings. The topological polar surface area (TPSA) is 91.3 Å². The number of carbonyl (C=O) groups is 2. The van der Waals surface area contributed by atoms with Crippen molar-refractivity contribution in [3.05, 3.63) is 36.0 Å². The van der Waals surface area contributed by atoms with Gasteiger partial charge in [-0.3, -0.25) is 4.79 Å². The van der Waals surface area contributed by atoms with Crippen molar-refractivity contribution < 1.29 is 14.7 Å². The van der Waals surface area contributed by atoms with Gasteiger partial charge in [0.1, 0.15) is 5.82 Å². The van der Waals surface area contributed by atoms with E-state index in [1.807, 2.05) is 6.92 Å². The van der Waals surface area contributed by atoms with E-state index < -0.39 is 5.97 Å². The summed E-state index contributed by atoms with van der Waals surface area (Å²) in [6.45, 7) is 2.71. The van der Waals surface area contributed by atoms with E-state index in [-0.39, 0.29) is 18.0 Å². The van der Waals surface area contributed by atoms with E-state index in [0.29, 0.717) is 23.1 Å². The van der Waals surface area contributed by atoms with E-state index in [1.165, 1.54) is 6.20 Å². The molecule has 0 aliphatic carbocycles. The summed E-state index contributed by atoms with van der Waals surface area (Å²) in [5.74, 6) is -0.641. The Morgan fingerprint density at radius 3 is 2.62 bits per heavy atom. The number of nitrogens with one attached hydrogen (secondary N) is 2. The normalized spacial score (nSPS) is 10.3. The van der Waals surface area contributed by atoms with Crippen LogP contribution in [0.5, 0.6) is 0 Å². The molecular weight excluding hydrogens is 270 g/mol. The van der Waals surface area contributed by atoms with Crippen LogP contribution in [0.15, 0.2) is 30.5 Å². The third-order valence-corrected chi connectivity index (χ3v) is 3.01. The molecule has 2 aromatic rings. The second-order valence-corrected chi connectivity index (χ2v) is 4.57. The Kier molecular flexibility index (Phi) is 4.71. The molecule has 21 heavy (non-hydrogen) atoms. The summed E-state index contributed by atoms with van der Waals surface area (Å²) in [4.78, 5) is 26.9. The van der Waals surface area contributed by atoms with E-state index in [1.54, 1.807) is 24.3 Å². The van der Waals surface area contributed by atoms with Gasteiger partial charge in [-0.2, -0.15) is 0 Å². The van der Waals surface area contributed by atoms with E-state index in [4.69, 9.17) is 5.11 Å². The number of fused-ring (bicyclic) bond motifs is 1. The number of nitrogens with zero attached hydrogens (tertiary/aromatic N) is 1. The van der Waals surface area contributed by atoms with Crippen LogP contribution in [0.1, 0.15) is 23.7 Å². The van der Waals surface area contributed by atoms with Crippen molar-refractivity contribution in [2.75, 3.05) is 18.4 Å². The SMILES string of the molecule is CCCNC(=O)CNc1ncc(C(=O)O)c2ccccc12. The van der Waals surface area contributed by atoms with Crippen LogP contribution in [0.25, 0.3) is 10.8 Å². The number of hydrogen-bond donors (Lipinski definition) is 3. The average molecular weight is 287 g/mol. The van der Waals surface area contributed by atoms with Crippen LogP contribution in [0.4, 0.5) is 5.82 Å². The largest absolute Gasteiger partial charge is 0.478 e. The van der Waals surface area contributed by atoms with Gasteiger partial charge < -0.3 is 15.7 Å². The van der Waals surface area contributed by atoms with Crippen molar-refractivity contribution in [2.24, 2.45) is 0 Å². The van der Waals surface area contributed by atoms with Crippen LogP contribution in [-0.4, -0.2) is 35.1 Å². The summed E-state index contributed by atoms with van der Waals surface area (Å²) in [6, 6.07) is 7.08. The van der Waals surface area contributed by atoms with Gasteiger partial charge in [-0.1, -0.05) is 31.2 Å². The number of anilines is 1. The first-order valence-corrected chi connectivity index (χ1v) is 6.75. The summed E-state index contributed by atoms with van der Waals surface area (Å²) >= 11 is 0. The molecule has 6 heteroatoms. The predicted octanol–water partition coefficient (Wildman–Crippen LogP) is 1.87. The molecule has 1 aromatic heterocycles. The minimum Gasteiger partial charge on any atom is -0.478 e. The van der Waals surface area contributed by atoms with Gasteiger partial charge in [0.2, 0.25) is 5.91 Å². The molecule has 1 aromatic carbocycles. The molecule has 1 heterocycles. The molecule has 0 radical (unpaired) electrons. The quantitative estimate of drug-likeness (QED) is 0.754. The van der Waals surface area contributed by atoms with Crippen LogP contribution in [-0.2, 0) is 4.79 Å². The summed E-state index contributed by atoms with van der Waals surface area (Å²) in [6.07, 6.45) is 2.18. The second kappa shape index (κ2) is 6.69. The molecule has 0 saturated carbocycles. The summed E-state index contributed by atoms with van der Waals surface area (Å²) in [7, 11) is 0.